The van der Waals surface area contributed by atoms with E-state index in [1.54, 1.807) is 38.5 Å². The van der Waals surface area contributed by atoms with Crippen LogP contribution in [0.2, 0.25) is 0 Å². The molecule has 0 amide bonds. The number of thiophene rings is 2. The standard InChI is InChI=1S/C28H20N2O6S2/c1-33-27-15-7-3-5-9-17(15)29-25(35-27)21-13-11-19(37-21)23(31)24(32)20-12-14-22(38-20)26-30-18-10-6-4-8-16(18)28(34-2)36-26/h3-14,27-28H,1-2H3. The maximum Gasteiger partial charge on any atom is 0.244 e. The van der Waals surface area contributed by atoms with Gasteiger partial charge >= 0.3 is 0 Å². The number of hydrogen-bond acceptors (Lipinski definition) is 10. The average molecular weight is 545 g/mol. The van der Waals surface area contributed by atoms with Crippen molar-refractivity contribution in [1.29, 1.82) is 0 Å². The molecule has 2 atom stereocenters. The number of nitrogens with zero attached hydrogens (tertiary/aromatic N) is 2. The van der Waals surface area contributed by atoms with E-state index in [9.17, 15) is 9.59 Å². The topological polar surface area (TPSA) is 95.8 Å². The number of rotatable bonds is 7. The number of hydrogen-bond donors (Lipinski definition) is 0. The number of benzene rings is 2. The summed E-state index contributed by atoms with van der Waals surface area (Å²) in [5.74, 6) is -0.542. The van der Waals surface area contributed by atoms with Crippen molar-refractivity contribution in [1.82, 2.24) is 0 Å². The van der Waals surface area contributed by atoms with Crippen LogP contribution in [0.4, 0.5) is 11.4 Å². The van der Waals surface area contributed by atoms with Crippen molar-refractivity contribution in [3.63, 3.8) is 0 Å². The lowest BCUT2D eigenvalue weighted by Gasteiger charge is -2.24. The summed E-state index contributed by atoms with van der Waals surface area (Å²) in [6.07, 6.45) is -1.22. The summed E-state index contributed by atoms with van der Waals surface area (Å²) in [6, 6.07) is 21.7. The summed E-state index contributed by atoms with van der Waals surface area (Å²) in [5.41, 5.74) is 3.11. The minimum Gasteiger partial charge on any atom is -0.442 e. The molecule has 4 heterocycles. The molecular formula is C28H20N2O6S2. The zero-order chi connectivity index (χ0) is 26.2. The third-order valence-corrected chi connectivity index (χ3v) is 8.12. The van der Waals surface area contributed by atoms with Crippen LogP contribution in [0.1, 0.15) is 52.8 Å². The quantitative estimate of drug-likeness (QED) is 0.198. The molecule has 8 nitrogen and oxygen atoms in total. The van der Waals surface area contributed by atoms with Gasteiger partial charge < -0.3 is 18.9 Å². The molecule has 2 aromatic heterocycles. The Morgan fingerprint density at radius 1 is 0.658 bits per heavy atom. The Kier molecular flexibility index (Phi) is 6.46. The minimum atomic E-state index is -0.610. The molecule has 2 aliphatic heterocycles. The Morgan fingerprint density at radius 2 is 1.08 bits per heavy atom. The molecular weight excluding hydrogens is 524 g/mol. The molecule has 38 heavy (non-hydrogen) atoms. The second-order valence-corrected chi connectivity index (χ2v) is 10.5. The van der Waals surface area contributed by atoms with Crippen molar-refractivity contribution in [2.45, 2.75) is 12.6 Å². The number of ketones is 2. The van der Waals surface area contributed by atoms with Crippen molar-refractivity contribution in [3.8, 4) is 0 Å². The molecule has 0 fully saturated rings. The van der Waals surface area contributed by atoms with Crippen LogP contribution in [-0.4, -0.2) is 37.6 Å². The predicted octanol–water partition coefficient (Wildman–Crippen LogP) is 6.38. The highest BCUT2D eigenvalue weighted by atomic mass is 32.1. The van der Waals surface area contributed by atoms with E-state index in [1.807, 2.05) is 48.5 Å². The first-order valence-corrected chi connectivity index (χ1v) is 13.2. The second kappa shape index (κ2) is 10.1. The normalized spacial score (nSPS) is 17.8. The largest absolute Gasteiger partial charge is 0.442 e. The molecule has 0 saturated carbocycles. The van der Waals surface area contributed by atoms with E-state index in [4.69, 9.17) is 18.9 Å². The SMILES string of the molecule is COC1OC(c2ccc(C(=O)C(=O)c3ccc(C4=Nc5ccccc5C(OC)O4)s3)s2)=Nc2ccccc21. The fourth-order valence-corrected chi connectivity index (χ4v) is 5.88. The van der Waals surface area contributed by atoms with Gasteiger partial charge in [-0.1, -0.05) is 36.4 Å². The summed E-state index contributed by atoms with van der Waals surface area (Å²) in [6.45, 7) is 0. The molecule has 0 radical (unpaired) electrons. The summed E-state index contributed by atoms with van der Waals surface area (Å²) in [7, 11) is 3.11. The van der Waals surface area contributed by atoms with Crippen molar-refractivity contribution in [3.05, 3.63) is 103 Å². The lowest BCUT2D eigenvalue weighted by atomic mass is 10.1. The van der Waals surface area contributed by atoms with E-state index >= 15 is 0 Å². The second-order valence-electron chi connectivity index (χ2n) is 8.31. The van der Waals surface area contributed by atoms with Gasteiger partial charge in [0.05, 0.1) is 30.9 Å². The first-order chi connectivity index (χ1) is 18.6. The van der Waals surface area contributed by atoms with Gasteiger partial charge in [0.25, 0.3) is 0 Å². The third kappa shape index (κ3) is 4.37. The summed E-state index contributed by atoms with van der Waals surface area (Å²) >= 11 is 2.29. The first-order valence-electron chi connectivity index (χ1n) is 11.6. The minimum absolute atomic E-state index is 0.290. The highest BCUT2D eigenvalue weighted by Gasteiger charge is 2.29. The zero-order valence-electron chi connectivity index (χ0n) is 20.2. The highest BCUT2D eigenvalue weighted by Crippen LogP contribution is 2.37. The van der Waals surface area contributed by atoms with Crippen molar-refractivity contribution >= 4 is 57.4 Å². The van der Waals surface area contributed by atoms with Crippen LogP contribution in [-0.2, 0) is 18.9 Å². The monoisotopic (exact) mass is 544 g/mol. The van der Waals surface area contributed by atoms with Gasteiger partial charge in [-0.3, -0.25) is 9.59 Å². The molecule has 190 valence electrons. The van der Waals surface area contributed by atoms with E-state index in [2.05, 4.69) is 9.98 Å². The lowest BCUT2D eigenvalue weighted by molar-refractivity contribution is -0.0669. The van der Waals surface area contributed by atoms with Gasteiger partial charge in [-0.2, -0.15) is 0 Å². The Bertz CT molecular complexity index is 1500. The van der Waals surface area contributed by atoms with E-state index in [0.717, 1.165) is 45.2 Å². The van der Waals surface area contributed by atoms with Crippen LogP contribution >= 0.6 is 22.7 Å². The molecule has 2 aliphatic rings. The molecule has 4 aromatic rings. The lowest BCUT2D eigenvalue weighted by Crippen LogP contribution is -2.17. The number of Topliss-reactive ketones (excluding diaryl/α,β-unsaturated/α-hetero) is 2. The summed E-state index contributed by atoms with van der Waals surface area (Å²) in [5, 5.41) is 0. The van der Waals surface area contributed by atoms with Gasteiger partial charge in [0, 0.05) is 25.3 Å². The molecule has 2 unspecified atom stereocenters. The fraction of sp³-hybridized carbons (Fsp3) is 0.143. The van der Waals surface area contributed by atoms with Crippen LogP contribution in [0.25, 0.3) is 0 Å². The van der Waals surface area contributed by atoms with Crippen LogP contribution in [0.5, 0.6) is 0 Å². The number of carbonyl (C=O) groups excluding carboxylic acids is 2. The van der Waals surface area contributed by atoms with Gasteiger partial charge in [-0.05, 0) is 36.4 Å². The van der Waals surface area contributed by atoms with E-state index in [1.165, 1.54) is 0 Å². The van der Waals surface area contributed by atoms with Gasteiger partial charge in [-0.15, -0.1) is 22.7 Å². The van der Waals surface area contributed by atoms with Crippen LogP contribution in [0, 0.1) is 0 Å². The van der Waals surface area contributed by atoms with Crippen LogP contribution < -0.4 is 0 Å². The molecule has 0 bridgehead atoms. The number of fused-ring (bicyclic) bond motifs is 2. The van der Waals surface area contributed by atoms with Gasteiger partial charge in [0.2, 0.25) is 35.9 Å². The Balaban J connectivity index is 1.22. The number of ether oxygens (including phenoxy) is 4. The molecule has 0 spiro atoms. The highest BCUT2D eigenvalue weighted by molar-refractivity contribution is 7.19. The average Bonchev–Trinajstić information content (AvgIpc) is 3.66. The zero-order valence-corrected chi connectivity index (χ0v) is 21.9. The van der Waals surface area contributed by atoms with Gasteiger partial charge in [0.15, 0.2) is 0 Å². The number of methoxy groups -OCH3 is 2. The molecule has 0 saturated heterocycles. The van der Waals surface area contributed by atoms with Crippen LogP contribution in [0.15, 0.2) is 82.8 Å². The first kappa shape index (κ1) is 24.4. The van der Waals surface area contributed by atoms with E-state index < -0.39 is 24.1 Å². The number of aliphatic imine (C=N–C) groups is 2. The number of carbonyl (C=O) groups is 2. The van der Waals surface area contributed by atoms with Crippen molar-refractivity contribution in [2.24, 2.45) is 9.98 Å². The van der Waals surface area contributed by atoms with Crippen LogP contribution in [0.3, 0.4) is 0 Å². The van der Waals surface area contributed by atoms with Crippen molar-refractivity contribution in [2.75, 3.05) is 14.2 Å². The van der Waals surface area contributed by atoms with E-state index in [-0.39, 0.29) is 0 Å². The smallest absolute Gasteiger partial charge is 0.244 e. The van der Waals surface area contributed by atoms with Gasteiger partial charge in [0.1, 0.15) is 0 Å². The number of para-hydroxylation sites is 2. The maximum atomic E-state index is 13.1. The molecule has 6 rings (SSSR count). The van der Waals surface area contributed by atoms with Crippen molar-refractivity contribution < 1.29 is 28.5 Å². The molecule has 0 aliphatic carbocycles. The molecule has 2 aromatic carbocycles. The third-order valence-electron chi connectivity index (χ3n) is 5.98. The molecule has 10 heteroatoms. The maximum absolute atomic E-state index is 13.1. The Hall–Kier alpha value is -3.96. The molecule has 0 N–H and O–H groups in total. The summed E-state index contributed by atoms with van der Waals surface area (Å²) < 4.78 is 22.7. The van der Waals surface area contributed by atoms with Gasteiger partial charge in [-0.25, -0.2) is 9.98 Å². The Labute approximate surface area is 225 Å². The summed E-state index contributed by atoms with van der Waals surface area (Å²) in [4.78, 5) is 37.1. The fourth-order valence-electron chi connectivity index (χ4n) is 4.13. The predicted molar refractivity (Wildman–Crippen MR) is 144 cm³/mol. The Morgan fingerprint density at radius 3 is 1.50 bits per heavy atom. The van der Waals surface area contributed by atoms with E-state index in [0.29, 0.717) is 31.3 Å².